The van der Waals surface area contributed by atoms with Crippen LogP contribution in [0.5, 0.6) is 0 Å². The third-order valence-electron chi connectivity index (χ3n) is 4.03. The Morgan fingerprint density at radius 3 is 2.73 bits per heavy atom. The lowest BCUT2D eigenvalue weighted by Gasteiger charge is -2.34. The van der Waals surface area contributed by atoms with E-state index >= 15 is 0 Å². The van der Waals surface area contributed by atoms with Crippen LogP contribution in [0.25, 0.3) is 0 Å². The van der Waals surface area contributed by atoms with Crippen molar-refractivity contribution in [1.29, 1.82) is 0 Å². The minimum absolute atomic E-state index is 0.0878. The summed E-state index contributed by atoms with van der Waals surface area (Å²) < 4.78 is 40.0. The number of hydrogen-bond acceptors (Lipinski definition) is 2. The first kappa shape index (κ1) is 16.6. The number of piperidine rings is 1. The number of halogens is 3. The molecule has 124 valence electrons. The number of aromatic nitrogens is 2. The Balaban J connectivity index is 1.98. The van der Waals surface area contributed by atoms with Crippen LogP contribution < -0.4 is 5.32 Å². The highest BCUT2D eigenvalue weighted by Crippen LogP contribution is 2.33. The molecule has 0 aliphatic carbocycles. The molecule has 0 aromatic carbocycles. The number of aryl methyl sites for hydroxylation is 2. The molecular weight excluding hydrogens is 297 g/mol. The summed E-state index contributed by atoms with van der Waals surface area (Å²) in [6.07, 6.45) is -1.98. The maximum absolute atomic E-state index is 12.8. The van der Waals surface area contributed by atoms with Gasteiger partial charge in [-0.15, -0.1) is 0 Å². The standard InChI is InChI=1S/C14H21F3N4O/c1-9(12-8-20(3)19-10(12)2)18-13(22)21-6-4-5-11(7-21)14(15,16)17/h8-9,11H,4-7H2,1-3H3,(H,18,22)/t9-,11+/m0/s1. The Hall–Kier alpha value is -1.73. The summed E-state index contributed by atoms with van der Waals surface area (Å²) in [4.78, 5) is 13.4. The van der Waals surface area contributed by atoms with Gasteiger partial charge in [-0.05, 0) is 26.7 Å². The van der Waals surface area contributed by atoms with Crippen LogP contribution in [0.2, 0.25) is 0 Å². The molecule has 2 amide bonds. The molecule has 2 heterocycles. The molecule has 2 atom stereocenters. The van der Waals surface area contributed by atoms with Crippen molar-refractivity contribution in [2.24, 2.45) is 13.0 Å². The van der Waals surface area contributed by atoms with Crippen LogP contribution in [-0.2, 0) is 7.05 Å². The zero-order valence-corrected chi connectivity index (χ0v) is 12.9. The number of hydrogen-bond donors (Lipinski definition) is 1. The highest BCUT2D eigenvalue weighted by Gasteiger charge is 2.42. The van der Waals surface area contributed by atoms with Gasteiger partial charge in [-0.25, -0.2) is 4.79 Å². The van der Waals surface area contributed by atoms with Gasteiger partial charge in [-0.2, -0.15) is 18.3 Å². The number of amides is 2. The van der Waals surface area contributed by atoms with E-state index in [-0.39, 0.29) is 19.0 Å². The van der Waals surface area contributed by atoms with Gasteiger partial charge in [0.2, 0.25) is 0 Å². The van der Waals surface area contributed by atoms with Crippen LogP contribution in [-0.4, -0.2) is 40.0 Å². The molecule has 1 aromatic rings. The number of likely N-dealkylation sites (tertiary alicyclic amines) is 1. The van der Waals surface area contributed by atoms with Crippen molar-refractivity contribution in [3.8, 4) is 0 Å². The Morgan fingerprint density at radius 1 is 1.50 bits per heavy atom. The third-order valence-corrected chi connectivity index (χ3v) is 4.03. The fourth-order valence-electron chi connectivity index (χ4n) is 2.83. The minimum atomic E-state index is -4.25. The average molecular weight is 318 g/mol. The fraction of sp³-hybridized carbons (Fsp3) is 0.714. The second-order valence-electron chi connectivity index (χ2n) is 5.84. The number of carbonyl (C=O) groups excluding carboxylic acids is 1. The van der Waals surface area contributed by atoms with Gasteiger partial charge in [0, 0.05) is 31.9 Å². The molecule has 8 heteroatoms. The second kappa shape index (κ2) is 6.18. The Morgan fingerprint density at radius 2 is 2.18 bits per heavy atom. The number of urea groups is 1. The van der Waals surface area contributed by atoms with Crippen LogP contribution in [0.1, 0.15) is 37.1 Å². The lowest BCUT2D eigenvalue weighted by Crippen LogP contribution is -2.49. The molecule has 1 aliphatic heterocycles. The van der Waals surface area contributed by atoms with Crippen molar-refractivity contribution in [3.63, 3.8) is 0 Å². The van der Waals surface area contributed by atoms with Crippen molar-refractivity contribution in [3.05, 3.63) is 17.5 Å². The summed E-state index contributed by atoms with van der Waals surface area (Å²) in [6.45, 7) is 3.72. The van der Waals surface area contributed by atoms with Gasteiger partial charge in [-0.1, -0.05) is 0 Å². The first-order chi connectivity index (χ1) is 10.2. The third kappa shape index (κ3) is 3.72. The molecule has 1 N–H and O–H groups in total. The van der Waals surface area contributed by atoms with Crippen molar-refractivity contribution in [2.45, 2.75) is 38.9 Å². The molecule has 0 spiro atoms. The molecule has 0 bridgehead atoms. The van der Waals surface area contributed by atoms with Gasteiger partial charge in [0.1, 0.15) is 0 Å². The highest BCUT2D eigenvalue weighted by atomic mass is 19.4. The maximum atomic E-state index is 12.8. The molecule has 2 rings (SSSR count). The highest BCUT2D eigenvalue weighted by molar-refractivity contribution is 5.74. The van der Waals surface area contributed by atoms with Crippen molar-refractivity contribution < 1.29 is 18.0 Å². The number of rotatable bonds is 2. The zero-order valence-electron chi connectivity index (χ0n) is 12.9. The summed E-state index contributed by atoms with van der Waals surface area (Å²) in [6, 6.07) is -0.753. The monoisotopic (exact) mass is 318 g/mol. The molecule has 0 radical (unpaired) electrons. The van der Waals surface area contributed by atoms with Crippen molar-refractivity contribution >= 4 is 6.03 Å². The van der Waals surface area contributed by atoms with Crippen LogP contribution in [0.15, 0.2) is 6.20 Å². The van der Waals surface area contributed by atoms with E-state index in [1.165, 1.54) is 4.90 Å². The number of nitrogens with one attached hydrogen (secondary N) is 1. The molecule has 1 aromatic heterocycles. The summed E-state index contributed by atoms with van der Waals surface area (Å²) in [5.74, 6) is -1.43. The van der Waals surface area contributed by atoms with Gasteiger partial charge in [0.15, 0.2) is 0 Å². The Labute approximate surface area is 127 Å². The van der Waals surface area contributed by atoms with Crippen molar-refractivity contribution in [1.82, 2.24) is 20.0 Å². The molecule has 1 fully saturated rings. The Bertz CT molecular complexity index is 541. The fourth-order valence-corrected chi connectivity index (χ4v) is 2.83. The van der Waals surface area contributed by atoms with E-state index in [2.05, 4.69) is 10.4 Å². The lowest BCUT2D eigenvalue weighted by molar-refractivity contribution is -0.184. The molecule has 1 aliphatic rings. The van der Waals surface area contributed by atoms with Gasteiger partial charge in [-0.3, -0.25) is 4.68 Å². The SMILES string of the molecule is Cc1nn(C)cc1[C@H](C)NC(=O)N1CCC[C@@H](C(F)(F)F)C1. The summed E-state index contributed by atoms with van der Waals surface area (Å²) >= 11 is 0. The molecular formula is C14H21F3N4O. The largest absolute Gasteiger partial charge is 0.393 e. The van der Waals surface area contributed by atoms with Gasteiger partial charge < -0.3 is 10.2 Å². The van der Waals surface area contributed by atoms with Gasteiger partial charge in [0.05, 0.1) is 17.7 Å². The molecule has 1 saturated heterocycles. The van der Waals surface area contributed by atoms with Crippen LogP contribution >= 0.6 is 0 Å². The number of alkyl halides is 3. The zero-order chi connectivity index (χ0) is 16.5. The van der Waals surface area contributed by atoms with Gasteiger partial charge >= 0.3 is 12.2 Å². The van der Waals surface area contributed by atoms with E-state index < -0.39 is 18.1 Å². The average Bonchev–Trinajstić information content (AvgIpc) is 2.77. The predicted molar refractivity (Wildman–Crippen MR) is 75.2 cm³/mol. The normalized spacial score (nSPS) is 20.8. The molecule has 5 nitrogen and oxygen atoms in total. The van der Waals surface area contributed by atoms with Crippen LogP contribution in [0, 0.1) is 12.8 Å². The van der Waals surface area contributed by atoms with E-state index in [1.54, 1.807) is 24.9 Å². The minimum Gasteiger partial charge on any atom is -0.331 e. The topological polar surface area (TPSA) is 50.2 Å². The number of nitrogens with zero attached hydrogens (tertiary/aromatic N) is 3. The Kier molecular flexibility index (Phi) is 4.67. The first-order valence-corrected chi connectivity index (χ1v) is 7.30. The molecule has 0 saturated carbocycles. The summed E-state index contributed by atoms with van der Waals surface area (Å²) in [5, 5.41) is 6.96. The lowest BCUT2D eigenvalue weighted by atomic mass is 9.98. The van der Waals surface area contributed by atoms with E-state index in [1.807, 2.05) is 6.92 Å². The summed E-state index contributed by atoms with van der Waals surface area (Å²) in [7, 11) is 1.78. The molecule has 22 heavy (non-hydrogen) atoms. The van der Waals surface area contributed by atoms with Crippen LogP contribution in [0.3, 0.4) is 0 Å². The predicted octanol–water partition coefficient (Wildman–Crippen LogP) is 2.77. The van der Waals surface area contributed by atoms with Crippen LogP contribution in [0.4, 0.5) is 18.0 Å². The second-order valence-corrected chi connectivity index (χ2v) is 5.84. The quantitative estimate of drug-likeness (QED) is 0.911. The smallest absolute Gasteiger partial charge is 0.331 e. The number of carbonyl (C=O) groups is 1. The van der Waals surface area contributed by atoms with E-state index in [0.717, 1.165) is 11.3 Å². The first-order valence-electron chi connectivity index (χ1n) is 7.30. The van der Waals surface area contributed by atoms with Gasteiger partial charge in [0.25, 0.3) is 0 Å². The van der Waals surface area contributed by atoms with E-state index in [9.17, 15) is 18.0 Å². The molecule has 0 unspecified atom stereocenters. The van der Waals surface area contributed by atoms with Crippen molar-refractivity contribution in [2.75, 3.05) is 13.1 Å². The summed E-state index contributed by atoms with van der Waals surface area (Å²) in [5.41, 5.74) is 1.65. The van der Waals surface area contributed by atoms with E-state index in [0.29, 0.717) is 13.0 Å². The maximum Gasteiger partial charge on any atom is 0.393 e. The van der Waals surface area contributed by atoms with E-state index in [4.69, 9.17) is 0 Å².